The molecule has 3 N–H and O–H groups in total. The van der Waals surface area contributed by atoms with Gasteiger partial charge in [-0.05, 0) is 52.7 Å². The molecule has 0 bridgehead atoms. The molecule has 0 aliphatic heterocycles. The number of hydrogen-bond acceptors (Lipinski definition) is 4. The summed E-state index contributed by atoms with van der Waals surface area (Å²) in [6, 6.07) is 12.7. The van der Waals surface area contributed by atoms with Gasteiger partial charge in [-0.1, -0.05) is 18.2 Å². The van der Waals surface area contributed by atoms with E-state index in [1.807, 2.05) is 31.2 Å². The Bertz CT molecular complexity index is 633. The highest BCUT2D eigenvalue weighted by Gasteiger charge is 2.27. The van der Waals surface area contributed by atoms with E-state index in [1.54, 1.807) is 18.2 Å². The molecule has 0 radical (unpaired) electrons. The highest BCUT2D eigenvalue weighted by molar-refractivity contribution is 9.10. The molecule has 0 aromatic heterocycles. The van der Waals surface area contributed by atoms with Gasteiger partial charge in [0.15, 0.2) is 11.5 Å². The number of benzene rings is 2. The Morgan fingerprint density at radius 3 is 2.57 bits per heavy atom. The van der Waals surface area contributed by atoms with Crippen LogP contribution in [0.15, 0.2) is 46.9 Å². The van der Waals surface area contributed by atoms with Gasteiger partial charge in [0.05, 0.1) is 19.3 Å². The molecule has 2 aromatic rings. The molecule has 0 heterocycles. The lowest BCUT2D eigenvalue weighted by molar-refractivity contribution is 0.223. The highest BCUT2D eigenvalue weighted by atomic mass is 79.9. The standard InChI is InChI=1S/C16H18BrNO3/c1-16(10-19,18-13-6-4-3-5-12(13)17)11-7-8-14(20)15(9-11)21-2/h3-9,18-20H,10H2,1-2H3. The van der Waals surface area contributed by atoms with E-state index < -0.39 is 5.54 Å². The molecule has 1 atom stereocenters. The summed E-state index contributed by atoms with van der Waals surface area (Å²) in [6.07, 6.45) is 0. The summed E-state index contributed by atoms with van der Waals surface area (Å²) in [5.41, 5.74) is 0.988. The quantitative estimate of drug-likeness (QED) is 0.771. The molecule has 4 nitrogen and oxygen atoms in total. The van der Waals surface area contributed by atoms with Gasteiger partial charge in [-0.2, -0.15) is 0 Å². The van der Waals surface area contributed by atoms with Crippen LogP contribution in [-0.4, -0.2) is 23.9 Å². The van der Waals surface area contributed by atoms with Crippen LogP contribution in [0.5, 0.6) is 11.5 Å². The van der Waals surface area contributed by atoms with E-state index in [0.29, 0.717) is 5.75 Å². The number of methoxy groups -OCH3 is 1. The molecule has 112 valence electrons. The fourth-order valence-electron chi connectivity index (χ4n) is 2.08. The van der Waals surface area contributed by atoms with Crippen LogP contribution in [0.25, 0.3) is 0 Å². The smallest absolute Gasteiger partial charge is 0.160 e. The molecule has 5 heteroatoms. The van der Waals surface area contributed by atoms with Crippen molar-refractivity contribution in [3.05, 3.63) is 52.5 Å². The predicted molar refractivity (Wildman–Crippen MR) is 86.9 cm³/mol. The number of aromatic hydroxyl groups is 1. The third-order valence-electron chi connectivity index (χ3n) is 3.42. The summed E-state index contributed by atoms with van der Waals surface area (Å²) in [4.78, 5) is 0. The summed E-state index contributed by atoms with van der Waals surface area (Å²) in [6.45, 7) is 1.78. The van der Waals surface area contributed by atoms with Crippen molar-refractivity contribution in [2.24, 2.45) is 0 Å². The van der Waals surface area contributed by atoms with Gasteiger partial charge in [-0.25, -0.2) is 0 Å². The van der Waals surface area contributed by atoms with Crippen molar-refractivity contribution in [2.75, 3.05) is 19.0 Å². The van der Waals surface area contributed by atoms with Crippen LogP contribution in [-0.2, 0) is 5.54 Å². The fraction of sp³-hybridized carbons (Fsp3) is 0.250. The lowest BCUT2D eigenvalue weighted by atomic mass is 9.92. The molecule has 2 aromatic carbocycles. The minimum absolute atomic E-state index is 0.0717. The van der Waals surface area contributed by atoms with Crippen LogP contribution in [0.1, 0.15) is 12.5 Å². The Morgan fingerprint density at radius 1 is 1.24 bits per heavy atom. The Morgan fingerprint density at radius 2 is 1.95 bits per heavy atom. The molecule has 0 saturated heterocycles. The maximum Gasteiger partial charge on any atom is 0.160 e. The zero-order chi connectivity index (χ0) is 15.5. The van der Waals surface area contributed by atoms with E-state index >= 15 is 0 Å². The minimum atomic E-state index is -0.704. The van der Waals surface area contributed by atoms with Crippen LogP contribution in [0, 0.1) is 0 Å². The van der Waals surface area contributed by atoms with Crippen molar-refractivity contribution in [1.82, 2.24) is 0 Å². The number of ether oxygens (including phenoxy) is 1. The fourth-order valence-corrected chi connectivity index (χ4v) is 2.47. The number of aliphatic hydroxyl groups is 1. The summed E-state index contributed by atoms with van der Waals surface area (Å²) >= 11 is 3.48. The molecule has 0 saturated carbocycles. The summed E-state index contributed by atoms with van der Waals surface area (Å²) in [7, 11) is 1.50. The minimum Gasteiger partial charge on any atom is -0.504 e. The van der Waals surface area contributed by atoms with Crippen molar-refractivity contribution >= 4 is 21.6 Å². The average Bonchev–Trinajstić information content (AvgIpc) is 2.50. The first-order valence-electron chi connectivity index (χ1n) is 6.51. The zero-order valence-corrected chi connectivity index (χ0v) is 13.5. The predicted octanol–water partition coefficient (Wildman–Crippen LogP) is 3.48. The van der Waals surface area contributed by atoms with Gasteiger partial charge in [-0.15, -0.1) is 0 Å². The largest absolute Gasteiger partial charge is 0.504 e. The van der Waals surface area contributed by atoms with E-state index in [4.69, 9.17) is 4.74 Å². The van der Waals surface area contributed by atoms with Gasteiger partial charge >= 0.3 is 0 Å². The zero-order valence-electron chi connectivity index (χ0n) is 11.9. The second kappa shape index (κ2) is 6.37. The molecular formula is C16H18BrNO3. The normalized spacial score (nSPS) is 13.5. The first kappa shape index (κ1) is 15.7. The van der Waals surface area contributed by atoms with Crippen LogP contribution >= 0.6 is 15.9 Å². The number of hydrogen-bond donors (Lipinski definition) is 3. The van der Waals surface area contributed by atoms with Crippen molar-refractivity contribution in [3.63, 3.8) is 0 Å². The SMILES string of the molecule is COc1cc(C(C)(CO)Nc2ccccc2Br)ccc1O. The first-order valence-corrected chi connectivity index (χ1v) is 7.30. The maximum absolute atomic E-state index is 9.84. The second-order valence-corrected chi connectivity index (χ2v) is 5.84. The van der Waals surface area contributed by atoms with E-state index in [1.165, 1.54) is 7.11 Å². The summed E-state index contributed by atoms with van der Waals surface area (Å²) < 4.78 is 6.04. The number of rotatable bonds is 5. The van der Waals surface area contributed by atoms with Crippen molar-refractivity contribution in [3.8, 4) is 11.5 Å². The molecule has 0 spiro atoms. The maximum atomic E-state index is 9.84. The Kier molecular flexibility index (Phi) is 4.75. The number of nitrogens with one attached hydrogen (secondary N) is 1. The van der Waals surface area contributed by atoms with Gasteiger partial charge in [0, 0.05) is 10.2 Å². The van der Waals surface area contributed by atoms with Crippen molar-refractivity contribution in [1.29, 1.82) is 0 Å². The number of phenols is 1. The molecule has 21 heavy (non-hydrogen) atoms. The van der Waals surface area contributed by atoms with E-state index in [0.717, 1.165) is 15.7 Å². The summed E-state index contributed by atoms with van der Waals surface area (Å²) in [5.74, 6) is 0.448. The first-order chi connectivity index (χ1) is 10.00. The van der Waals surface area contributed by atoms with Gasteiger partial charge in [0.1, 0.15) is 0 Å². The average molecular weight is 352 g/mol. The lowest BCUT2D eigenvalue weighted by Crippen LogP contribution is -2.36. The third-order valence-corrected chi connectivity index (χ3v) is 4.11. The van der Waals surface area contributed by atoms with E-state index in [-0.39, 0.29) is 12.4 Å². The Labute approximate surface area is 132 Å². The van der Waals surface area contributed by atoms with E-state index in [9.17, 15) is 10.2 Å². The van der Waals surface area contributed by atoms with Gasteiger partial charge in [0.2, 0.25) is 0 Å². The summed E-state index contributed by atoms with van der Waals surface area (Å²) in [5, 5.41) is 22.9. The monoisotopic (exact) mass is 351 g/mol. The number of para-hydroxylation sites is 1. The lowest BCUT2D eigenvalue weighted by Gasteiger charge is -2.31. The van der Waals surface area contributed by atoms with E-state index in [2.05, 4.69) is 21.2 Å². The van der Waals surface area contributed by atoms with Gasteiger partial charge in [-0.3, -0.25) is 0 Å². The third kappa shape index (κ3) is 3.31. The molecule has 0 fully saturated rings. The van der Waals surface area contributed by atoms with Crippen LogP contribution in [0.4, 0.5) is 5.69 Å². The molecular weight excluding hydrogens is 334 g/mol. The van der Waals surface area contributed by atoms with Crippen LogP contribution in [0.3, 0.4) is 0 Å². The molecule has 2 rings (SSSR count). The highest BCUT2D eigenvalue weighted by Crippen LogP contribution is 2.34. The molecule has 0 aliphatic carbocycles. The van der Waals surface area contributed by atoms with Crippen LogP contribution in [0.2, 0.25) is 0 Å². The van der Waals surface area contributed by atoms with Gasteiger partial charge in [0.25, 0.3) is 0 Å². The second-order valence-electron chi connectivity index (χ2n) is 4.98. The number of aliphatic hydroxyl groups excluding tert-OH is 1. The van der Waals surface area contributed by atoms with Crippen molar-refractivity contribution in [2.45, 2.75) is 12.5 Å². The number of anilines is 1. The molecule has 0 amide bonds. The van der Waals surface area contributed by atoms with Gasteiger partial charge < -0.3 is 20.3 Å². The number of halogens is 1. The molecule has 0 aliphatic rings. The Hall–Kier alpha value is -1.72. The Balaban J connectivity index is 2.39. The topological polar surface area (TPSA) is 61.7 Å². The van der Waals surface area contributed by atoms with Crippen LogP contribution < -0.4 is 10.1 Å². The number of phenolic OH excluding ortho intramolecular Hbond substituents is 1. The molecule has 1 unspecified atom stereocenters. The van der Waals surface area contributed by atoms with Crippen molar-refractivity contribution < 1.29 is 14.9 Å².